The average molecular weight is 315 g/mol. The van der Waals surface area contributed by atoms with Gasteiger partial charge in [0.1, 0.15) is 11.6 Å². The van der Waals surface area contributed by atoms with E-state index in [0.717, 1.165) is 18.6 Å². The Morgan fingerprint density at radius 1 is 1.05 bits per heavy atom. The van der Waals surface area contributed by atoms with Crippen molar-refractivity contribution < 1.29 is 9.53 Å². The number of rotatable bonds is 2. The standard InChI is InChI=1S/C18H31ClO2/c1-16-12-10-8-6-4-2-3-5-7-9-11-13-17(14-16)21-18(20)15-19/h14,16H,2-13,15H2,1H3/b17-14-. The van der Waals surface area contributed by atoms with Crippen LogP contribution in [0.1, 0.15) is 84.0 Å². The molecular weight excluding hydrogens is 284 g/mol. The number of ether oxygens (including phenoxy) is 1. The quantitative estimate of drug-likeness (QED) is 0.462. The summed E-state index contributed by atoms with van der Waals surface area (Å²) in [6.45, 7) is 2.21. The van der Waals surface area contributed by atoms with Gasteiger partial charge in [-0.25, -0.2) is 0 Å². The Morgan fingerprint density at radius 2 is 1.57 bits per heavy atom. The molecule has 0 amide bonds. The molecule has 1 aliphatic rings. The minimum Gasteiger partial charge on any atom is -0.431 e. The fourth-order valence-electron chi connectivity index (χ4n) is 2.92. The molecule has 1 rings (SSSR count). The summed E-state index contributed by atoms with van der Waals surface area (Å²) in [4.78, 5) is 11.4. The summed E-state index contributed by atoms with van der Waals surface area (Å²) in [5, 5.41) is 0. The second-order valence-electron chi connectivity index (χ2n) is 6.29. The van der Waals surface area contributed by atoms with Gasteiger partial charge in [0, 0.05) is 6.42 Å². The van der Waals surface area contributed by atoms with E-state index < -0.39 is 0 Å². The first-order chi connectivity index (χ1) is 10.2. The molecule has 3 heteroatoms. The van der Waals surface area contributed by atoms with Crippen LogP contribution in [-0.2, 0) is 9.53 Å². The van der Waals surface area contributed by atoms with E-state index in [2.05, 4.69) is 13.0 Å². The molecule has 122 valence electrons. The third-order valence-electron chi connectivity index (χ3n) is 4.16. The van der Waals surface area contributed by atoms with Gasteiger partial charge in [0.05, 0.1) is 0 Å². The first-order valence-corrected chi connectivity index (χ1v) is 9.23. The predicted octanol–water partition coefficient (Wildman–Crippen LogP) is 5.98. The molecule has 0 bridgehead atoms. The Kier molecular flexibility index (Phi) is 10.7. The maximum atomic E-state index is 11.4. The molecule has 2 nitrogen and oxygen atoms in total. The number of carbonyl (C=O) groups excluding carboxylic acids is 1. The smallest absolute Gasteiger partial charge is 0.325 e. The lowest BCUT2D eigenvalue weighted by molar-refractivity contribution is -0.136. The molecule has 0 aromatic heterocycles. The number of carbonyl (C=O) groups is 1. The van der Waals surface area contributed by atoms with Gasteiger partial charge < -0.3 is 4.74 Å². The molecular formula is C18H31ClO2. The van der Waals surface area contributed by atoms with Crippen LogP contribution in [0.4, 0.5) is 0 Å². The van der Waals surface area contributed by atoms with Crippen LogP contribution in [0.25, 0.3) is 0 Å². The molecule has 1 unspecified atom stereocenters. The van der Waals surface area contributed by atoms with Gasteiger partial charge in [-0.15, -0.1) is 11.6 Å². The largest absolute Gasteiger partial charge is 0.431 e. The fourth-order valence-corrected chi connectivity index (χ4v) is 2.98. The highest BCUT2D eigenvalue weighted by molar-refractivity contribution is 6.26. The Bertz CT molecular complexity index is 312. The molecule has 0 N–H and O–H groups in total. The lowest BCUT2D eigenvalue weighted by Gasteiger charge is -2.12. The van der Waals surface area contributed by atoms with Crippen LogP contribution in [0, 0.1) is 5.92 Å². The van der Waals surface area contributed by atoms with Crippen molar-refractivity contribution in [2.45, 2.75) is 84.0 Å². The van der Waals surface area contributed by atoms with E-state index in [1.807, 2.05) is 0 Å². The average Bonchev–Trinajstić information content (AvgIpc) is 2.47. The van der Waals surface area contributed by atoms with E-state index in [9.17, 15) is 4.79 Å². The number of esters is 1. The Labute approximate surface area is 135 Å². The molecule has 0 radical (unpaired) electrons. The van der Waals surface area contributed by atoms with E-state index in [0.29, 0.717) is 5.92 Å². The lowest BCUT2D eigenvalue weighted by atomic mass is 10.0. The molecule has 0 saturated heterocycles. The molecule has 0 aromatic carbocycles. The SMILES string of the molecule is CC1/C=C(\OC(=O)CCl)CCCCCCCCCCCC1. The molecule has 1 atom stereocenters. The van der Waals surface area contributed by atoms with Crippen molar-refractivity contribution in [2.24, 2.45) is 5.92 Å². The van der Waals surface area contributed by atoms with Crippen molar-refractivity contribution in [3.05, 3.63) is 11.8 Å². The lowest BCUT2D eigenvalue weighted by Crippen LogP contribution is -2.07. The van der Waals surface area contributed by atoms with E-state index in [-0.39, 0.29) is 11.8 Å². The summed E-state index contributed by atoms with van der Waals surface area (Å²) in [7, 11) is 0. The van der Waals surface area contributed by atoms with Gasteiger partial charge in [0.15, 0.2) is 0 Å². The summed E-state index contributed by atoms with van der Waals surface area (Å²) >= 11 is 5.54. The topological polar surface area (TPSA) is 26.3 Å². The van der Waals surface area contributed by atoms with Gasteiger partial charge in [-0.1, -0.05) is 64.7 Å². The predicted molar refractivity (Wildman–Crippen MR) is 89.5 cm³/mol. The summed E-state index contributed by atoms with van der Waals surface area (Å²) in [6, 6.07) is 0. The number of allylic oxidation sites excluding steroid dienone is 2. The van der Waals surface area contributed by atoms with Gasteiger partial charge in [0.2, 0.25) is 0 Å². The molecule has 0 fully saturated rings. The second kappa shape index (κ2) is 12.1. The second-order valence-corrected chi connectivity index (χ2v) is 6.56. The highest BCUT2D eigenvalue weighted by Gasteiger charge is 2.09. The number of halogens is 1. The minimum atomic E-state index is -0.326. The molecule has 0 aliphatic heterocycles. The van der Waals surface area contributed by atoms with E-state index >= 15 is 0 Å². The van der Waals surface area contributed by atoms with Crippen molar-refractivity contribution in [3.8, 4) is 0 Å². The van der Waals surface area contributed by atoms with E-state index in [4.69, 9.17) is 16.3 Å². The minimum absolute atomic E-state index is 0.0638. The summed E-state index contributed by atoms with van der Waals surface area (Å²) in [6.07, 6.45) is 17.3. The van der Waals surface area contributed by atoms with Crippen molar-refractivity contribution in [1.82, 2.24) is 0 Å². The third-order valence-corrected chi connectivity index (χ3v) is 4.38. The Hall–Kier alpha value is -0.500. The molecule has 21 heavy (non-hydrogen) atoms. The molecule has 0 heterocycles. The van der Waals surface area contributed by atoms with Crippen LogP contribution in [0.2, 0.25) is 0 Å². The van der Waals surface area contributed by atoms with Crippen LogP contribution in [0.15, 0.2) is 11.8 Å². The van der Waals surface area contributed by atoms with Gasteiger partial charge in [-0.2, -0.15) is 0 Å². The van der Waals surface area contributed by atoms with Crippen LogP contribution in [0.3, 0.4) is 0 Å². The van der Waals surface area contributed by atoms with Crippen molar-refractivity contribution in [3.63, 3.8) is 0 Å². The number of hydrogen-bond acceptors (Lipinski definition) is 2. The highest BCUT2D eigenvalue weighted by Crippen LogP contribution is 2.20. The third kappa shape index (κ3) is 9.95. The summed E-state index contributed by atoms with van der Waals surface area (Å²) in [5.74, 6) is 0.926. The normalized spacial score (nSPS) is 26.0. The zero-order chi connectivity index (χ0) is 15.3. The Balaban J connectivity index is 2.52. The van der Waals surface area contributed by atoms with Crippen molar-refractivity contribution in [1.29, 1.82) is 0 Å². The maximum absolute atomic E-state index is 11.4. The van der Waals surface area contributed by atoms with Crippen molar-refractivity contribution >= 4 is 17.6 Å². The first kappa shape index (κ1) is 18.5. The summed E-state index contributed by atoms with van der Waals surface area (Å²) in [5.41, 5.74) is 0. The number of hydrogen-bond donors (Lipinski definition) is 0. The van der Waals surface area contributed by atoms with Gasteiger partial charge in [0.25, 0.3) is 0 Å². The van der Waals surface area contributed by atoms with E-state index in [1.54, 1.807) is 0 Å². The monoisotopic (exact) mass is 314 g/mol. The van der Waals surface area contributed by atoms with Crippen LogP contribution < -0.4 is 0 Å². The van der Waals surface area contributed by atoms with Gasteiger partial charge >= 0.3 is 5.97 Å². The summed E-state index contributed by atoms with van der Waals surface area (Å²) < 4.78 is 5.39. The number of alkyl halides is 1. The Morgan fingerprint density at radius 3 is 2.14 bits per heavy atom. The molecule has 0 saturated carbocycles. The zero-order valence-electron chi connectivity index (χ0n) is 13.5. The van der Waals surface area contributed by atoms with E-state index in [1.165, 1.54) is 64.2 Å². The van der Waals surface area contributed by atoms with Crippen molar-refractivity contribution in [2.75, 3.05) is 5.88 Å². The van der Waals surface area contributed by atoms with Crippen LogP contribution >= 0.6 is 11.6 Å². The van der Waals surface area contributed by atoms with Gasteiger partial charge in [-0.05, 0) is 24.8 Å². The molecule has 0 aromatic rings. The maximum Gasteiger partial charge on any atom is 0.325 e. The van der Waals surface area contributed by atoms with Crippen LogP contribution in [0.5, 0.6) is 0 Å². The molecule has 0 spiro atoms. The zero-order valence-corrected chi connectivity index (χ0v) is 14.3. The highest BCUT2D eigenvalue weighted by atomic mass is 35.5. The van der Waals surface area contributed by atoms with Gasteiger partial charge in [-0.3, -0.25) is 4.79 Å². The van der Waals surface area contributed by atoms with Crippen LogP contribution in [-0.4, -0.2) is 11.8 Å². The fraction of sp³-hybridized carbons (Fsp3) is 0.833. The first-order valence-electron chi connectivity index (χ1n) is 8.69. The molecule has 1 aliphatic carbocycles.